The minimum Gasteiger partial charge on any atom is -0.392 e. The molecule has 0 saturated heterocycles. The predicted octanol–water partition coefficient (Wildman–Crippen LogP) is 0.594. The smallest absolute Gasteiger partial charge is 0.259 e. The van der Waals surface area contributed by atoms with Crippen LogP contribution in [0.5, 0.6) is 0 Å². The van der Waals surface area contributed by atoms with E-state index in [0.717, 1.165) is 6.54 Å². The van der Waals surface area contributed by atoms with E-state index >= 15 is 0 Å². The molecule has 1 unspecified atom stereocenters. The largest absolute Gasteiger partial charge is 0.392 e. The first kappa shape index (κ1) is 15.6. The van der Waals surface area contributed by atoms with Crippen LogP contribution in [0, 0.1) is 0 Å². The van der Waals surface area contributed by atoms with Crippen LogP contribution in [0.1, 0.15) is 19.4 Å². The van der Waals surface area contributed by atoms with Gasteiger partial charge in [0.2, 0.25) is 0 Å². The fourth-order valence-corrected chi connectivity index (χ4v) is 1.78. The maximum Gasteiger partial charge on any atom is 0.259 e. The first-order valence-electron chi connectivity index (χ1n) is 6.50. The molecule has 106 valence electrons. The lowest BCUT2D eigenvalue weighted by Crippen LogP contribution is -2.50. The molecule has 1 rings (SSSR count). The van der Waals surface area contributed by atoms with E-state index < -0.39 is 12.2 Å². The summed E-state index contributed by atoms with van der Waals surface area (Å²) in [5.41, 5.74) is -0.722. The SMILES string of the molecule is CCNCOC(CO)(C(=O)NCC)c1ccccc1. The van der Waals surface area contributed by atoms with Crippen molar-refractivity contribution in [2.24, 2.45) is 0 Å². The van der Waals surface area contributed by atoms with Gasteiger partial charge in [-0.1, -0.05) is 37.3 Å². The Kier molecular flexibility index (Phi) is 6.49. The first-order valence-corrected chi connectivity index (χ1v) is 6.50. The van der Waals surface area contributed by atoms with Crippen molar-refractivity contribution in [1.82, 2.24) is 10.6 Å². The summed E-state index contributed by atoms with van der Waals surface area (Å²) in [6, 6.07) is 9.04. The van der Waals surface area contributed by atoms with E-state index in [4.69, 9.17) is 4.74 Å². The molecule has 0 aliphatic rings. The molecule has 0 aliphatic heterocycles. The van der Waals surface area contributed by atoms with Crippen molar-refractivity contribution in [3.63, 3.8) is 0 Å². The Balaban J connectivity index is 3.02. The minimum absolute atomic E-state index is 0.198. The van der Waals surface area contributed by atoms with E-state index in [2.05, 4.69) is 10.6 Å². The lowest BCUT2D eigenvalue weighted by atomic mass is 9.93. The summed E-state index contributed by atoms with van der Waals surface area (Å²) in [5.74, 6) is -0.332. The van der Waals surface area contributed by atoms with Crippen molar-refractivity contribution in [3.8, 4) is 0 Å². The maximum absolute atomic E-state index is 12.3. The number of ether oxygens (including phenoxy) is 1. The number of aliphatic hydroxyl groups is 1. The third-order valence-electron chi connectivity index (χ3n) is 2.84. The van der Waals surface area contributed by atoms with Gasteiger partial charge in [-0.15, -0.1) is 0 Å². The molecule has 5 heteroatoms. The Hall–Kier alpha value is -1.43. The minimum atomic E-state index is -1.36. The molecule has 1 aromatic rings. The molecule has 1 amide bonds. The summed E-state index contributed by atoms with van der Waals surface area (Å²) in [4.78, 5) is 12.3. The third-order valence-corrected chi connectivity index (χ3v) is 2.84. The summed E-state index contributed by atoms with van der Waals surface area (Å²) in [5, 5.41) is 15.4. The number of hydrogen-bond donors (Lipinski definition) is 3. The summed E-state index contributed by atoms with van der Waals surface area (Å²) >= 11 is 0. The van der Waals surface area contributed by atoms with Crippen LogP contribution < -0.4 is 10.6 Å². The Bertz CT molecular complexity index is 384. The normalized spacial score (nSPS) is 13.8. The molecule has 0 bridgehead atoms. The van der Waals surface area contributed by atoms with Crippen molar-refractivity contribution in [2.45, 2.75) is 19.4 Å². The van der Waals surface area contributed by atoms with Crippen LogP contribution in [0.25, 0.3) is 0 Å². The van der Waals surface area contributed by atoms with Gasteiger partial charge in [0.1, 0.15) is 0 Å². The number of rotatable bonds is 8. The average Bonchev–Trinajstić information content (AvgIpc) is 2.45. The van der Waals surface area contributed by atoms with Gasteiger partial charge in [0.05, 0.1) is 13.3 Å². The molecule has 0 radical (unpaired) electrons. The van der Waals surface area contributed by atoms with Gasteiger partial charge < -0.3 is 15.2 Å². The number of carbonyl (C=O) groups excluding carboxylic acids is 1. The second kappa shape index (κ2) is 7.89. The van der Waals surface area contributed by atoms with Crippen LogP contribution in [0.15, 0.2) is 30.3 Å². The highest BCUT2D eigenvalue weighted by molar-refractivity contribution is 5.86. The van der Waals surface area contributed by atoms with Gasteiger partial charge in [-0.2, -0.15) is 0 Å². The van der Waals surface area contributed by atoms with Crippen LogP contribution in [0.3, 0.4) is 0 Å². The van der Waals surface area contributed by atoms with E-state index in [0.29, 0.717) is 12.1 Å². The fraction of sp³-hybridized carbons (Fsp3) is 0.500. The number of nitrogens with one attached hydrogen (secondary N) is 2. The molecule has 3 N–H and O–H groups in total. The lowest BCUT2D eigenvalue weighted by molar-refractivity contribution is -0.157. The summed E-state index contributed by atoms with van der Waals surface area (Å²) in [6.07, 6.45) is 0. The molecule has 19 heavy (non-hydrogen) atoms. The molecule has 1 aromatic carbocycles. The molecule has 0 aliphatic carbocycles. The molecule has 0 fully saturated rings. The van der Waals surface area contributed by atoms with Crippen molar-refractivity contribution >= 4 is 5.91 Å². The second-order valence-corrected chi connectivity index (χ2v) is 4.10. The highest BCUT2D eigenvalue weighted by atomic mass is 16.5. The Morgan fingerprint density at radius 1 is 1.26 bits per heavy atom. The number of amides is 1. The molecule has 0 spiro atoms. The fourth-order valence-electron chi connectivity index (χ4n) is 1.78. The lowest BCUT2D eigenvalue weighted by Gasteiger charge is -2.31. The zero-order valence-corrected chi connectivity index (χ0v) is 11.5. The van der Waals surface area contributed by atoms with Crippen LogP contribution >= 0.6 is 0 Å². The zero-order valence-electron chi connectivity index (χ0n) is 11.5. The van der Waals surface area contributed by atoms with Crippen LogP contribution in [0.4, 0.5) is 0 Å². The second-order valence-electron chi connectivity index (χ2n) is 4.10. The molecular weight excluding hydrogens is 244 g/mol. The van der Waals surface area contributed by atoms with Crippen molar-refractivity contribution in [1.29, 1.82) is 0 Å². The third kappa shape index (κ3) is 3.76. The maximum atomic E-state index is 12.3. The quantitative estimate of drug-likeness (QED) is 0.476. The molecule has 5 nitrogen and oxygen atoms in total. The summed E-state index contributed by atoms with van der Waals surface area (Å²) in [6.45, 7) is 4.77. The van der Waals surface area contributed by atoms with Gasteiger partial charge in [-0.3, -0.25) is 10.1 Å². The highest BCUT2D eigenvalue weighted by Gasteiger charge is 2.40. The van der Waals surface area contributed by atoms with E-state index in [9.17, 15) is 9.90 Å². The Labute approximate surface area is 114 Å². The van der Waals surface area contributed by atoms with Gasteiger partial charge in [-0.05, 0) is 19.0 Å². The van der Waals surface area contributed by atoms with Crippen molar-refractivity contribution < 1.29 is 14.6 Å². The van der Waals surface area contributed by atoms with Gasteiger partial charge in [0, 0.05) is 6.54 Å². The number of benzene rings is 1. The van der Waals surface area contributed by atoms with Crippen molar-refractivity contribution in [2.75, 3.05) is 26.4 Å². The zero-order chi connectivity index (χ0) is 14.1. The average molecular weight is 266 g/mol. The van der Waals surface area contributed by atoms with E-state index in [-0.39, 0.29) is 12.6 Å². The van der Waals surface area contributed by atoms with Gasteiger partial charge in [-0.25, -0.2) is 0 Å². The number of hydrogen-bond acceptors (Lipinski definition) is 4. The first-order chi connectivity index (χ1) is 9.21. The Morgan fingerprint density at radius 3 is 2.47 bits per heavy atom. The van der Waals surface area contributed by atoms with Gasteiger partial charge >= 0.3 is 0 Å². The van der Waals surface area contributed by atoms with Gasteiger partial charge in [0.25, 0.3) is 5.91 Å². The molecule has 0 heterocycles. The molecule has 0 aromatic heterocycles. The Morgan fingerprint density at radius 2 is 1.95 bits per heavy atom. The monoisotopic (exact) mass is 266 g/mol. The molecule has 0 saturated carbocycles. The number of aliphatic hydroxyl groups excluding tert-OH is 1. The van der Waals surface area contributed by atoms with Crippen molar-refractivity contribution in [3.05, 3.63) is 35.9 Å². The number of likely N-dealkylation sites (N-methyl/N-ethyl adjacent to an activating group) is 1. The van der Waals surface area contributed by atoms with E-state index in [1.54, 1.807) is 12.1 Å². The summed E-state index contributed by atoms with van der Waals surface area (Å²) < 4.78 is 5.65. The summed E-state index contributed by atoms with van der Waals surface area (Å²) in [7, 11) is 0. The van der Waals surface area contributed by atoms with E-state index in [1.807, 2.05) is 32.0 Å². The standard InChI is InChI=1S/C14H22N2O3/c1-3-15-11-19-14(10-17,13(18)16-4-2)12-8-6-5-7-9-12/h5-9,15,17H,3-4,10-11H2,1-2H3,(H,16,18). The molecule has 1 atom stereocenters. The van der Waals surface area contributed by atoms with E-state index in [1.165, 1.54) is 0 Å². The van der Waals surface area contributed by atoms with Gasteiger partial charge in [0.15, 0.2) is 5.60 Å². The van der Waals surface area contributed by atoms with Crippen LogP contribution in [0.2, 0.25) is 0 Å². The number of carbonyl (C=O) groups is 1. The van der Waals surface area contributed by atoms with Crippen LogP contribution in [-0.4, -0.2) is 37.4 Å². The highest BCUT2D eigenvalue weighted by Crippen LogP contribution is 2.25. The molecular formula is C14H22N2O3. The predicted molar refractivity (Wildman–Crippen MR) is 73.5 cm³/mol. The topological polar surface area (TPSA) is 70.6 Å². The van der Waals surface area contributed by atoms with Crippen LogP contribution in [-0.2, 0) is 15.1 Å².